The fourth-order valence-corrected chi connectivity index (χ4v) is 3.02. The number of hydrogen-bond acceptors (Lipinski definition) is 2. The number of carbonyl (C=O) groups is 2. The molecule has 1 N–H and O–H groups in total. The highest BCUT2D eigenvalue weighted by atomic mass is 79.9. The van der Waals surface area contributed by atoms with Crippen molar-refractivity contribution >= 4 is 39.1 Å². The van der Waals surface area contributed by atoms with Crippen molar-refractivity contribution < 1.29 is 9.59 Å². The molecule has 0 fully saturated rings. The maximum Gasteiger partial charge on any atom is 0.244 e. The minimum Gasteiger partial charge on any atom is -0.324 e. The van der Waals surface area contributed by atoms with Crippen LogP contribution in [0.25, 0.3) is 0 Å². The maximum atomic E-state index is 12.4. The zero-order valence-electron chi connectivity index (χ0n) is 14.3. The summed E-state index contributed by atoms with van der Waals surface area (Å²) in [6.45, 7) is 7.31. The Morgan fingerprint density at radius 3 is 2.29 bits per heavy atom. The van der Waals surface area contributed by atoms with Crippen LogP contribution in [-0.4, -0.2) is 18.4 Å². The summed E-state index contributed by atoms with van der Waals surface area (Å²) >= 11 is 3.44. The average molecular weight is 389 g/mol. The van der Waals surface area contributed by atoms with Crippen molar-refractivity contribution in [2.75, 3.05) is 16.8 Å². The van der Waals surface area contributed by atoms with E-state index in [1.54, 1.807) is 0 Å². The molecule has 126 valence electrons. The first-order valence-corrected chi connectivity index (χ1v) is 8.48. The molecule has 2 amide bonds. The summed E-state index contributed by atoms with van der Waals surface area (Å²) < 4.78 is 0.817. The van der Waals surface area contributed by atoms with E-state index in [9.17, 15) is 9.59 Å². The number of hydrogen-bond donors (Lipinski definition) is 1. The minimum absolute atomic E-state index is 0.0278. The third kappa shape index (κ3) is 4.45. The van der Waals surface area contributed by atoms with Crippen LogP contribution in [0.5, 0.6) is 0 Å². The van der Waals surface area contributed by atoms with Crippen molar-refractivity contribution in [2.45, 2.75) is 27.7 Å². The van der Waals surface area contributed by atoms with E-state index in [4.69, 9.17) is 0 Å². The molecule has 4 nitrogen and oxygen atoms in total. The molecular weight excluding hydrogens is 368 g/mol. The molecule has 0 aliphatic heterocycles. The van der Waals surface area contributed by atoms with E-state index >= 15 is 0 Å². The van der Waals surface area contributed by atoms with Crippen LogP contribution < -0.4 is 10.2 Å². The van der Waals surface area contributed by atoms with E-state index < -0.39 is 0 Å². The van der Waals surface area contributed by atoms with Gasteiger partial charge in [0.1, 0.15) is 6.54 Å². The molecule has 0 aliphatic rings. The number of anilines is 2. The molecule has 2 aromatic carbocycles. The van der Waals surface area contributed by atoms with E-state index in [0.717, 1.165) is 26.9 Å². The Bertz CT molecular complexity index is 787. The molecule has 0 atom stereocenters. The van der Waals surface area contributed by atoms with Crippen LogP contribution in [0.1, 0.15) is 23.6 Å². The van der Waals surface area contributed by atoms with E-state index in [1.807, 2.05) is 57.2 Å². The molecule has 0 saturated carbocycles. The molecule has 0 heterocycles. The molecule has 2 rings (SSSR count). The van der Waals surface area contributed by atoms with Crippen LogP contribution in [0.4, 0.5) is 11.4 Å². The van der Waals surface area contributed by atoms with Gasteiger partial charge < -0.3 is 10.2 Å². The summed E-state index contributed by atoms with van der Waals surface area (Å²) in [4.78, 5) is 26.0. The van der Waals surface area contributed by atoms with Crippen LogP contribution >= 0.6 is 15.9 Å². The lowest BCUT2D eigenvalue weighted by Crippen LogP contribution is -2.37. The van der Waals surface area contributed by atoms with Crippen molar-refractivity contribution in [3.05, 3.63) is 57.6 Å². The van der Waals surface area contributed by atoms with Gasteiger partial charge >= 0.3 is 0 Å². The number of nitrogens with zero attached hydrogens (tertiary/aromatic N) is 1. The number of carbonyl (C=O) groups excluding carboxylic acids is 2. The normalized spacial score (nSPS) is 10.4. The molecule has 24 heavy (non-hydrogen) atoms. The first-order valence-electron chi connectivity index (χ1n) is 7.69. The molecule has 0 spiro atoms. The number of amides is 2. The highest BCUT2D eigenvalue weighted by Crippen LogP contribution is 2.24. The fourth-order valence-electron chi connectivity index (χ4n) is 2.43. The van der Waals surface area contributed by atoms with Gasteiger partial charge in [-0.25, -0.2) is 0 Å². The predicted octanol–water partition coefficient (Wildman–Crippen LogP) is 4.37. The number of nitrogens with one attached hydrogen (secondary N) is 1. The Kier molecular flexibility index (Phi) is 5.78. The number of halogens is 1. The van der Waals surface area contributed by atoms with Gasteiger partial charge in [-0.1, -0.05) is 18.2 Å². The second-order valence-corrected chi connectivity index (χ2v) is 6.78. The summed E-state index contributed by atoms with van der Waals surface area (Å²) in [6, 6.07) is 11.6. The highest BCUT2D eigenvalue weighted by molar-refractivity contribution is 9.10. The SMILES string of the molecule is CC(=O)N(CC(=O)Nc1ccc(C)cc1Br)c1cc(C)ccc1C. The maximum absolute atomic E-state index is 12.4. The van der Waals surface area contributed by atoms with Crippen LogP contribution in [0, 0.1) is 20.8 Å². The summed E-state index contributed by atoms with van der Waals surface area (Å²) in [7, 11) is 0. The van der Waals surface area contributed by atoms with Crippen molar-refractivity contribution in [3.8, 4) is 0 Å². The van der Waals surface area contributed by atoms with Gasteiger partial charge in [-0.15, -0.1) is 0 Å². The highest BCUT2D eigenvalue weighted by Gasteiger charge is 2.18. The standard InChI is InChI=1S/C19H21BrN2O2/c1-12-6-8-17(16(20)9-12)21-19(24)11-22(15(4)23)18-10-13(2)5-7-14(18)3/h5-10H,11H2,1-4H3,(H,21,24). The second kappa shape index (κ2) is 7.62. The van der Waals surface area contributed by atoms with Gasteiger partial charge in [0.05, 0.1) is 5.69 Å². The lowest BCUT2D eigenvalue weighted by molar-refractivity contribution is -0.120. The largest absolute Gasteiger partial charge is 0.324 e. The van der Waals surface area contributed by atoms with Crippen LogP contribution in [0.3, 0.4) is 0 Å². The van der Waals surface area contributed by atoms with Gasteiger partial charge in [0.25, 0.3) is 0 Å². The number of aryl methyl sites for hydroxylation is 3. The quantitative estimate of drug-likeness (QED) is 0.845. The zero-order chi connectivity index (χ0) is 17.9. The second-order valence-electron chi connectivity index (χ2n) is 5.93. The lowest BCUT2D eigenvalue weighted by atomic mass is 10.1. The molecule has 0 unspecified atom stereocenters. The lowest BCUT2D eigenvalue weighted by Gasteiger charge is -2.23. The number of benzene rings is 2. The van der Waals surface area contributed by atoms with Crippen molar-refractivity contribution in [3.63, 3.8) is 0 Å². The first-order chi connectivity index (χ1) is 11.3. The number of rotatable bonds is 4. The molecule has 0 radical (unpaired) electrons. The third-order valence-electron chi connectivity index (χ3n) is 3.74. The molecule has 0 bridgehead atoms. The van der Waals surface area contributed by atoms with Gasteiger partial charge in [-0.3, -0.25) is 9.59 Å². The monoisotopic (exact) mass is 388 g/mol. The predicted molar refractivity (Wildman–Crippen MR) is 101 cm³/mol. The molecule has 2 aromatic rings. The average Bonchev–Trinajstić information content (AvgIpc) is 2.50. The van der Waals surface area contributed by atoms with E-state index in [2.05, 4.69) is 21.2 Å². The Labute approximate surface area is 151 Å². The van der Waals surface area contributed by atoms with Gasteiger partial charge in [-0.05, 0) is 71.6 Å². The Hall–Kier alpha value is -2.14. The fraction of sp³-hybridized carbons (Fsp3) is 0.263. The van der Waals surface area contributed by atoms with Gasteiger partial charge in [0.15, 0.2) is 0 Å². The van der Waals surface area contributed by atoms with Crippen LogP contribution in [-0.2, 0) is 9.59 Å². The summed E-state index contributed by atoms with van der Waals surface area (Å²) in [5.74, 6) is -0.405. The van der Waals surface area contributed by atoms with Gasteiger partial charge in [0.2, 0.25) is 11.8 Å². The van der Waals surface area contributed by atoms with Crippen LogP contribution in [0.15, 0.2) is 40.9 Å². The Balaban J connectivity index is 2.20. The smallest absolute Gasteiger partial charge is 0.244 e. The van der Waals surface area contributed by atoms with E-state index in [0.29, 0.717) is 5.69 Å². The molecule has 0 aromatic heterocycles. The van der Waals surface area contributed by atoms with Crippen molar-refractivity contribution in [1.29, 1.82) is 0 Å². The Morgan fingerprint density at radius 1 is 1.04 bits per heavy atom. The molecule has 0 aliphatic carbocycles. The zero-order valence-corrected chi connectivity index (χ0v) is 15.9. The summed E-state index contributed by atoms with van der Waals surface area (Å²) in [5, 5.41) is 2.85. The third-order valence-corrected chi connectivity index (χ3v) is 4.39. The molecule has 0 saturated heterocycles. The summed E-state index contributed by atoms with van der Waals surface area (Å²) in [6.07, 6.45) is 0. The van der Waals surface area contributed by atoms with E-state index in [1.165, 1.54) is 11.8 Å². The van der Waals surface area contributed by atoms with Crippen LogP contribution in [0.2, 0.25) is 0 Å². The van der Waals surface area contributed by atoms with E-state index in [-0.39, 0.29) is 18.4 Å². The molecule has 5 heteroatoms. The van der Waals surface area contributed by atoms with Crippen molar-refractivity contribution in [1.82, 2.24) is 0 Å². The minimum atomic E-state index is -0.240. The van der Waals surface area contributed by atoms with Gasteiger partial charge in [0, 0.05) is 17.1 Å². The van der Waals surface area contributed by atoms with Crippen molar-refractivity contribution in [2.24, 2.45) is 0 Å². The Morgan fingerprint density at radius 2 is 1.67 bits per heavy atom. The molecular formula is C19H21BrN2O2. The first kappa shape index (κ1) is 18.2. The summed E-state index contributed by atoms with van der Waals surface area (Å²) in [5.41, 5.74) is 4.56. The van der Waals surface area contributed by atoms with Gasteiger partial charge in [-0.2, -0.15) is 0 Å². The topological polar surface area (TPSA) is 49.4 Å².